The summed E-state index contributed by atoms with van der Waals surface area (Å²) >= 11 is 0. The van der Waals surface area contributed by atoms with E-state index in [4.69, 9.17) is 19.0 Å². The van der Waals surface area contributed by atoms with Gasteiger partial charge in [0, 0.05) is 33.5 Å². The first-order chi connectivity index (χ1) is 8.45. The number of primary amides is 1. The Morgan fingerprint density at radius 1 is 1.22 bits per heavy atom. The number of hydrogen-bond acceptors (Lipinski definition) is 5. The van der Waals surface area contributed by atoms with E-state index in [9.17, 15) is 9.59 Å². The second-order valence-electron chi connectivity index (χ2n) is 3.42. The van der Waals surface area contributed by atoms with Gasteiger partial charge in [0.05, 0.1) is 5.67 Å². The van der Waals surface area contributed by atoms with Gasteiger partial charge in [0.15, 0.2) is 0 Å². The molecule has 7 nitrogen and oxygen atoms in total. The van der Waals surface area contributed by atoms with Gasteiger partial charge in [-0.05, 0) is 6.42 Å². The van der Waals surface area contributed by atoms with Crippen LogP contribution in [0.2, 0.25) is 0 Å². The minimum Gasteiger partial charge on any atom is -0.376 e. The Bertz CT molecular complexity index is 309. The molecule has 0 aliphatic carbocycles. The van der Waals surface area contributed by atoms with E-state index in [2.05, 4.69) is 5.32 Å². The Balaban J connectivity index is 4.78. The number of nitrogens with two attached hydrogens (primary N) is 1. The van der Waals surface area contributed by atoms with Crippen LogP contribution in [0.15, 0.2) is 12.2 Å². The molecule has 8 heteroatoms. The minimum atomic E-state index is -2.95. The highest BCUT2D eigenvalue weighted by Gasteiger charge is 2.47. The van der Waals surface area contributed by atoms with Crippen molar-refractivity contribution < 1.29 is 22.9 Å². The second-order valence-corrected chi connectivity index (χ2v) is 6.55. The lowest BCUT2D eigenvalue weighted by molar-refractivity contribution is -0.118. The first-order valence-corrected chi connectivity index (χ1v) is 7.19. The summed E-state index contributed by atoms with van der Waals surface area (Å²) < 4.78 is 15.8. The Labute approximate surface area is 108 Å². The topological polar surface area (TPSA) is 99.9 Å². The van der Waals surface area contributed by atoms with E-state index in [0.717, 1.165) is 12.2 Å². The van der Waals surface area contributed by atoms with Crippen molar-refractivity contribution in [2.24, 2.45) is 5.73 Å². The van der Waals surface area contributed by atoms with Crippen LogP contribution in [-0.4, -0.2) is 47.6 Å². The fourth-order valence-corrected chi connectivity index (χ4v) is 3.67. The summed E-state index contributed by atoms with van der Waals surface area (Å²) in [6.45, 7) is 1.86. The monoisotopic (exact) mass is 276 g/mol. The largest absolute Gasteiger partial charge is 0.523 e. The van der Waals surface area contributed by atoms with E-state index in [-0.39, 0.29) is 0 Å². The van der Waals surface area contributed by atoms with Crippen molar-refractivity contribution in [3.05, 3.63) is 12.2 Å². The second kappa shape index (κ2) is 7.98. The fourth-order valence-electron chi connectivity index (χ4n) is 1.49. The van der Waals surface area contributed by atoms with Crippen LogP contribution in [0.5, 0.6) is 0 Å². The van der Waals surface area contributed by atoms with Gasteiger partial charge in [-0.2, -0.15) is 0 Å². The van der Waals surface area contributed by atoms with Crippen LogP contribution in [-0.2, 0) is 22.9 Å². The van der Waals surface area contributed by atoms with Crippen LogP contribution in [0.4, 0.5) is 0 Å². The molecule has 0 aliphatic rings. The zero-order chi connectivity index (χ0) is 14.2. The lowest BCUT2D eigenvalue weighted by Gasteiger charge is -2.31. The van der Waals surface area contributed by atoms with E-state index in [1.807, 2.05) is 6.92 Å². The zero-order valence-electron chi connectivity index (χ0n) is 11.1. The molecule has 0 spiro atoms. The quantitative estimate of drug-likeness (QED) is 0.453. The molecule has 104 valence electrons. The highest BCUT2D eigenvalue weighted by Crippen LogP contribution is 2.14. The molecular weight excluding hydrogens is 256 g/mol. The molecule has 0 bridgehead atoms. The van der Waals surface area contributed by atoms with E-state index < -0.39 is 26.3 Å². The molecule has 0 aliphatic heterocycles. The molecule has 0 rings (SSSR count). The van der Waals surface area contributed by atoms with Gasteiger partial charge < -0.3 is 24.3 Å². The molecule has 0 heterocycles. The molecule has 0 fully saturated rings. The average Bonchev–Trinajstić information content (AvgIpc) is 2.37. The van der Waals surface area contributed by atoms with Crippen LogP contribution in [0.1, 0.15) is 13.3 Å². The number of hydrogen-bond donors (Lipinski definition) is 2. The smallest absolute Gasteiger partial charge is 0.376 e. The molecule has 0 radical (unpaired) electrons. The maximum absolute atomic E-state index is 11.6. The van der Waals surface area contributed by atoms with Crippen molar-refractivity contribution in [3.8, 4) is 0 Å². The predicted octanol–water partition coefficient (Wildman–Crippen LogP) is -0.660. The Hall–Kier alpha value is -1.22. The molecule has 0 saturated heterocycles. The molecule has 0 aromatic heterocycles. The molecule has 2 amide bonds. The van der Waals surface area contributed by atoms with Gasteiger partial charge in [-0.3, -0.25) is 9.59 Å². The summed E-state index contributed by atoms with van der Waals surface area (Å²) in [5.74, 6) is -1.14. The summed E-state index contributed by atoms with van der Waals surface area (Å²) in [5.41, 5.74) is 4.50. The van der Waals surface area contributed by atoms with Crippen LogP contribution in [0.3, 0.4) is 0 Å². The average molecular weight is 276 g/mol. The summed E-state index contributed by atoms with van der Waals surface area (Å²) in [7, 11) is 1.45. The van der Waals surface area contributed by atoms with Crippen molar-refractivity contribution in [2.45, 2.75) is 19.0 Å². The molecule has 18 heavy (non-hydrogen) atoms. The van der Waals surface area contributed by atoms with Crippen molar-refractivity contribution in [3.63, 3.8) is 0 Å². The van der Waals surface area contributed by atoms with Gasteiger partial charge in [-0.25, -0.2) is 0 Å². The van der Waals surface area contributed by atoms with Crippen molar-refractivity contribution >= 4 is 20.6 Å². The fraction of sp³-hybridized carbons (Fsp3) is 0.600. The maximum Gasteiger partial charge on any atom is 0.523 e. The van der Waals surface area contributed by atoms with E-state index in [0.29, 0.717) is 6.42 Å². The van der Waals surface area contributed by atoms with Crippen molar-refractivity contribution in [1.29, 1.82) is 0 Å². The number of carbonyl (C=O) groups excluding carboxylic acids is 2. The third-order valence-electron chi connectivity index (χ3n) is 2.40. The Morgan fingerprint density at radius 3 is 2.06 bits per heavy atom. The first kappa shape index (κ1) is 16.8. The van der Waals surface area contributed by atoms with Gasteiger partial charge in [-0.1, -0.05) is 6.92 Å². The third-order valence-corrected chi connectivity index (χ3v) is 5.52. The molecule has 0 saturated carbocycles. The van der Waals surface area contributed by atoms with Gasteiger partial charge in [0.2, 0.25) is 11.8 Å². The van der Waals surface area contributed by atoms with E-state index >= 15 is 0 Å². The molecule has 1 atom stereocenters. The van der Waals surface area contributed by atoms with Crippen LogP contribution in [0.25, 0.3) is 0 Å². The summed E-state index contributed by atoms with van der Waals surface area (Å²) in [6.07, 6.45) is 2.61. The van der Waals surface area contributed by atoms with Crippen molar-refractivity contribution in [2.75, 3.05) is 21.3 Å². The number of amides is 2. The molecule has 0 aromatic carbocycles. The first-order valence-electron chi connectivity index (χ1n) is 5.39. The standard InChI is InChI=1S/C10H20N2O5Si/c1-5-10(18(15-2,16-3)17-4)12-9(14)7-6-8(11)13/h6-7,10H,5H2,1-4H3,(H2,11,13)(H,12,14)/b7-6-. The van der Waals surface area contributed by atoms with Crippen LogP contribution in [0, 0.1) is 0 Å². The van der Waals surface area contributed by atoms with E-state index in [1.54, 1.807) is 0 Å². The summed E-state index contributed by atoms with van der Waals surface area (Å²) in [4.78, 5) is 22.1. The highest BCUT2D eigenvalue weighted by molar-refractivity contribution is 6.62. The normalized spacial score (nSPS) is 13.6. The van der Waals surface area contributed by atoms with Crippen molar-refractivity contribution in [1.82, 2.24) is 5.32 Å². The van der Waals surface area contributed by atoms with E-state index in [1.165, 1.54) is 21.3 Å². The van der Waals surface area contributed by atoms with Crippen LogP contribution < -0.4 is 11.1 Å². The number of rotatable bonds is 8. The Kier molecular flexibility index (Phi) is 7.44. The summed E-state index contributed by atoms with van der Waals surface area (Å²) in [5, 5.41) is 2.67. The van der Waals surface area contributed by atoms with Gasteiger partial charge in [-0.15, -0.1) is 0 Å². The lowest BCUT2D eigenvalue weighted by Crippen LogP contribution is -2.61. The van der Waals surface area contributed by atoms with Crippen LogP contribution >= 0.6 is 0 Å². The summed E-state index contributed by atoms with van der Waals surface area (Å²) in [6, 6.07) is 0. The highest BCUT2D eigenvalue weighted by atomic mass is 28.4. The molecule has 0 aromatic rings. The predicted molar refractivity (Wildman–Crippen MR) is 67.3 cm³/mol. The third kappa shape index (κ3) is 4.57. The molecule has 3 N–H and O–H groups in total. The van der Waals surface area contributed by atoms with Gasteiger partial charge in [0.25, 0.3) is 0 Å². The zero-order valence-corrected chi connectivity index (χ0v) is 12.1. The van der Waals surface area contributed by atoms with Gasteiger partial charge >= 0.3 is 8.80 Å². The molecule has 1 unspecified atom stereocenters. The van der Waals surface area contributed by atoms with Gasteiger partial charge in [0.1, 0.15) is 0 Å². The molecular formula is C10H20N2O5Si. The SMILES string of the molecule is CCC(NC(=O)/C=C\C(N)=O)[Si](OC)(OC)OC. The minimum absolute atomic E-state index is 0.400. The number of nitrogens with one attached hydrogen (secondary N) is 1. The maximum atomic E-state index is 11.6. The lowest BCUT2D eigenvalue weighted by atomic mass is 10.4. The number of carbonyl (C=O) groups is 2. The Morgan fingerprint density at radius 2 is 1.72 bits per heavy atom.